The Morgan fingerprint density at radius 1 is 1.42 bits per heavy atom. The van der Waals surface area contributed by atoms with Crippen LogP contribution in [0.25, 0.3) is 0 Å². The number of H-pyrrole nitrogens is 1. The van der Waals surface area contributed by atoms with Crippen LogP contribution < -0.4 is 10.6 Å². The molecule has 5 heteroatoms. The molecule has 1 amide bonds. The van der Waals surface area contributed by atoms with Crippen molar-refractivity contribution in [3.63, 3.8) is 0 Å². The number of carbonyl (C=O) groups excluding carboxylic acids is 1. The van der Waals surface area contributed by atoms with Crippen LogP contribution in [-0.2, 0) is 11.3 Å². The van der Waals surface area contributed by atoms with Crippen LogP contribution in [0.2, 0.25) is 0 Å². The second-order valence-electron chi connectivity index (χ2n) is 4.47. The van der Waals surface area contributed by atoms with Crippen LogP contribution >= 0.6 is 0 Å². The molecule has 3 N–H and O–H groups in total. The lowest BCUT2D eigenvalue weighted by Crippen LogP contribution is -2.19. The number of benzene rings is 1. The molecular formula is C14H18N4O. The van der Waals surface area contributed by atoms with Crippen molar-refractivity contribution in [3.8, 4) is 0 Å². The van der Waals surface area contributed by atoms with Gasteiger partial charge in [-0.25, -0.2) is 0 Å². The fraction of sp³-hybridized carbons (Fsp3) is 0.286. The Bertz CT molecular complexity index is 536. The van der Waals surface area contributed by atoms with E-state index in [1.54, 1.807) is 6.20 Å². The Morgan fingerprint density at radius 2 is 2.21 bits per heavy atom. The minimum atomic E-state index is -0.0599. The molecule has 100 valence electrons. The van der Waals surface area contributed by atoms with E-state index in [9.17, 15) is 4.79 Å². The van der Waals surface area contributed by atoms with E-state index in [0.29, 0.717) is 6.54 Å². The van der Waals surface area contributed by atoms with Gasteiger partial charge in [0, 0.05) is 37.0 Å². The van der Waals surface area contributed by atoms with Gasteiger partial charge in [-0.1, -0.05) is 18.2 Å². The number of hydrogen-bond donors (Lipinski definition) is 3. The van der Waals surface area contributed by atoms with E-state index in [1.165, 1.54) is 6.92 Å². The highest BCUT2D eigenvalue weighted by Gasteiger charge is 2.08. The van der Waals surface area contributed by atoms with E-state index in [1.807, 2.05) is 30.5 Å². The molecule has 1 atom stereocenters. The average Bonchev–Trinajstić information content (AvgIpc) is 2.90. The zero-order valence-corrected chi connectivity index (χ0v) is 11.1. The number of para-hydroxylation sites is 1. The largest absolute Gasteiger partial charge is 0.326 e. The molecule has 0 aliphatic heterocycles. The minimum Gasteiger partial charge on any atom is -0.326 e. The molecular weight excluding hydrogens is 240 g/mol. The van der Waals surface area contributed by atoms with Crippen molar-refractivity contribution >= 4 is 11.6 Å². The van der Waals surface area contributed by atoms with Crippen molar-refractivity contribution < 1.29 is 4.79 Å². The topological polar surface area (TPSA) is 69.8 Å². The van der Waals surface area contributed by atoms with Crippen molar-refractivity contribution in [3.05, 3.63) is 47.8 Å². The molecule has 1 unspecified atom stereocenters. The zero-order chi connectivity index (χ0) is 13.7. The number of aromatic nitrogens is 2. The highest BCUT2D eigenvalue weighted by Crippen LogP contribution is 2.17. The number of nitrogens with one attached hydrogen (secondary N) is 3. The summed E-state index contributed by atoms with van der Waals surface area (Å²) in [6, 6.07) is 7.98. The van der Waals surface area contributed by atoms with Crippen molar-refractivity contribution in [2.45, 2.75) is 26.4 Å². The second-order valence-corrected chi connectivity index (χ2v) is 4.47. The number of carbonyl (C=O) groups is 1. The van der Waals surface area contributed by atoms with E-state index < -0.39 is 0 Å². The molecule has 19 heavy (non-hydrogen) atoms. The summed E-state index contributed by atoms with van der Waals surface area (Å²) >= 11 is 0. The molecule has 0 fully saturated rings. The standard InChI is InChI=1S/C14H18N4O/c1-10(13-8-16-17-9-13)15-7-12-5-3-4-6-14(12)18-11(2)19/h3-6,8-10,15H,7H2,1-2H3,(H,16,17)(H,18,19). The summed E-state index contributed by atoms with van der Waals surface area (Å²) in [6.45, 7) is 4.27. The summed E-state index contributed by atoms with van der Waals surface area (Å²) in [5.41, 5.74) is 3.02. The van der Waals surface area contributed by atoms with Crippen LogP contribution in [0.4, 0.5) is 5.69 Å². The van der Waals surface area contributed by atoms with E-state index in [0.717, 1.165) is 16.8 Å². The molecule has 1 aromatic carbocycles. The van der Waals surface area contributed by atoms with E-state index in [4.69, 9.17) is 0 Å². The molecule has 5 nitrogen and oxygen atoms in total. The van der Waals surface area contributed by atoms with Crippen LogP contribution in [0.15, 0.2) is 36.7 Å². The highest BCUT2D eigenvalue weighted by atomic mass is 16.1. The fourth-order valence-corrected chi connectivity index (χ4v) is 1.86. The van der Waals surface area contributed by atoms with Crippen LogP contribution in [0.5, 0.6) is 0 Å². The zero-order valence-electron chi connectivity index (χ0n) is 11.1. The summed E-state index contributed by atoms with van der Waals surface area (Å²) < 4.78 is 0. The van der Waals surface area contributed by atoms with E-state index in [2.05, 4.69) is 27.8 Å². The number of anilines is 1. The van der Waals surface area contributed by atoms with Gasteiger partial charge in [0.25, 0.3) is 0 Å². The number of nitrogens with zero attached hydrogens (tertiary/aromatic N) is 1. The molecule has 0 saturated heterocycles. The van der Waals surface area contributed by atoms with Gasteiger partial charge in [-0.3, -0.25) is 9.89 Å². The number of aromatic amines is 1. The van der Waals surface area contributed by atoms with E-state index >= 15 is 0 Å². The van der Waals surface area contributed by atoms with Crippen LogP contribution in [0.3, 0.4) is 0 Å². The normalized spacial score (nSPS) is 12.1. The molecule has 1 heterocycles. The smallest absolute Gasteiger partial charge is 0.221 e. The molecule has 2 aromatic rings. The Balaban J connectivity index is 2.01. The summed E-state index contributed by atoms with van der Waals surface area (Å²) in [5.74, 6) is -0.0599. The SMILES string of the molecule is CC(=O)Nc1ccccc1CNC(C)c1cn[nH]c1. The maximum Gasteiger partial charge on any atom is 0.221 e. The Hall–Kier alpha value is -2.14. The summed E-state index contributed by atoms with van der Waals surface area (Å²) in [5, 5.41) is 13.0. The quantitative estimate of drug-likeness (QED) is 0.770. The van der Waals surface area contributed by atoms with Crippen LogP contribution in [0, 0.1) is 0 Å². The predicted molar refractivity (Wildman–Crippen MR) is 74.6 cm³/mol. The minimum absolute atomic E-state index is 0.0599. The summed E-state index contributed by atoms with van der Waals surface area (Å²) in [6.07, 6.45) is 3.68. The molecule has 0 spiro atoms. The molecule has 0 radical (unpaired) electrons. The summed E-state index contributed by atoms with van der Waals surface area (Å²) in [7, 11) is 0. The number of rotatable bonds is 5. The third kappa shape index (κ3) is 3.66. The lowest BCUT2D eigenvalue weighted by molar-refractivity contribution is -0.114. The third-order valence-corrected chi connectivity index (χ3v) is 2.95. The molecule has 0 bridgehead atoms. The number of hydrogen-bond acceptors (Lipinski definition) is 3. The van der Waals surface area contributed by atoms with Crippen LogP contribution in [0.1, 0.15) is 31.0 Å². The Morgan fingerprint density at radius 3 is 2.89 bits per heavy atom. The fourth-order valence-electron chi connectivity index (χ4n) is 1.86. The lowest BCUT2D eigenvalue weighted by atomic mass is 10.1. The first-order valence-electron chi connectivity index (χ1n) is 6.24. The van der Waals surface area contributed by atoms with Gasteiger partial charge >= 0.3 is 0 Å². The first kappa shape index (κ1) is 13.3. The van der Waals surface area contributed by atoms with Crippen molar-refractivity contribution in [2.75, 3.05) is 5.32 Å². The van der Waals surface area contributed by atoms with Crippen molar-refractivity contribution in [1.82, 2.24) is 15.5 Å². The van der Waals surface area contributed by atoms with Gasteiger partial charge in [0.2, 0.25) is 5.91 Å². The van der Waals surface area contributed by atoms with Gasteiger partial charge < -0.3 is 10.6 Å². The van der Waals surface area contributed by atoms with Gasteiger partial charge in [0.05, 0.1) is 6.20 Å². The van der Waals surface area contributed by atoms with Crippen molar-refractivity contribution in [2.24, 2.45) is 0 Å². The Kier molecular flexibility index (Phi) is 4.30. The van der Waals surface area contributed by atoms with Gasteiger partial charge in [0.15, 0.2) is 0 Å². The van der Waals surface area contributed by atoms with Gasteiger partial charge in [-0.15, -0.1) is 0 Å². The Labute approximate surface area is 112 Å². The first-order valence-corrected chi connectivity index (χ1v) is 6.24. The van der Waals surface area contributed by atoms with Gasteiger partial charge in [-0.2, -0.15) is 5.10 Å². The predicted octanol–water partition coefficient (Wildman–Crippen LogP) is 2.22. The lowest BCUT2D eigenvalue weighted by Gasteiger charge is -2.14. The highest BCUT2D eigenvalue weighted by molar-refractivity contribution is 5.89. The third-order valence-electron chi connectivity index (χ3n) is 2.95. The molecule has 1 aromatic heterocycles. The molecule has 2 rings (SSSR count). The maximum atomic E-state index is 11.1. The second kappa shape index (κ2) is 6.15. The van der Waals surface area contributed by atoms with Gasteiger partial charge in [-0.05, 0) is 18.6 Å². The van der Waals surface area contributed by atoms with Crippen LogP contribution in [-0.4, -0.2) is 16.1 Å². The average molecular weight is 258 g/mol. The van der Waals surface area contributed by atoms with E-state index in [-0.39, 0.29) is 11.9 Å². The summed E-state index contributed by atoms with van der Waals surface area (Å²) in [4.78, 5) is 11.1. The molecule has 0 aliphatic rings. The number of amides is 1. The molecule has 0 saturated carbocycles. The first-order chi connectivity index (χ1) is 9.16. The molecule has 0 aliphatic carbocycles. The monoisotopic (exact) mass is 258 g/mol. The van der Waals surface area contributed by atoms with Gasteiger partial charge in [0.1, 0.15) is 0 Å². The maximum absolute atomic E-state index is 11.1. The van der Waals surface area contributed by atoms with Crippen molar-refractivity contribution in [1.29, 1.82) is 0 Å².